The zero-order valence-corrected chi connectivity index (χ0v) is 9.77. The van der Waals surface area contributed by atoms with E-state index in [2.05, 4.69) is 16.0 Å². The molecule has 0 amide bonds. The summed E-state index contributed by atoms with van der Waals surface area (Å²) in [7, 11) is 0. The third kappa shape index (κ3) is 1.29. The Labute approximate surface area is 97.8 Å². The molecule has 0 spiro atoms. The highest BCUT2D eigenvalue weighted by Crippen LogP contribution is 2.51. The fourth-order valence-corrected chi connectivity index (χ4v) is 3.19. The minimum absolute atomic E-state index is 0.212. The van der Waals surface area contributed by atoms with Crippen molar-refractivity contribution in [1.82, 2.24) is 9.97 Å². The normalized spacial score (nSPS) is 17.0. The maximum absolute atomic E-state index is 9.20. The third-order valence-electron chi connectivity index (χ3n) is 3.04. The van der Waals surface area contributed by atoms with Gasteiger partial charge in [-0.05, 0) is 25.8 Å². The zero-order valence-electron chi connectivity index (χ0n) is 8.95. The fourth-order valence-electron chi connectivity index (χ4n) is 1.94. The maximum Gasteiger partial charge on any atom is 0.125 e. The van der Waals surface area contributed by atoms with E-state index in [1.54, 1.807) is 11.3 Å². The molecule has 0 aromatic carbocycles. The summed E-state index contributed by atoms with van der Waals surface area (Å²) in [5.74, 6) is 0. The zero-order chi connectivity index (χ0) is 11.2. The summed E-state index contributed by atoms with van der Waals surface area (Å²) in [6, 6.07) is 4.44. The van der Waals surface area contributed by atoms with Crippen molar-refractivity contribution in [2.45, 2.75) is 25.2 Å². The van der Waals surface area contributed by atoms with Crippen molar-refractivity contribution in [1.29, 1.82) is 5.26 Å². The summed E-state index contributed by atoms with van der Waals surface area (Å²) >= 11 is 1.66. The minimum Gasteiger partial charge on any atom is -0.367 e. The predicted molar refractivity (Wildman–Crippen MR) is 63.2 cm³/mol. The Morgan fingerprint density at radius 2 is 2.38 bits per heavy atom. The molecule has 1 aliphatic carbocycles. The quantitative estimate of drug-likeness (QED) is 0.860. The molecule has 0 unspecified atom stereocenters. The molecule has 1 aliphatic rings. The Kier molecular flexibility index (Phi) is 1.92. The number of nitrogens with one attached hydrogen (secondary N) is 1. The van der Waals surface area contributed by atoms with Crippen LogP contribution in [0.3, 0.4) is 0 Å². The molecule has 3 rings (SSSR count). The molecule has 3 nitrogen and oxygen atoms in total. The monoisotopic (exact) mass is 229 g/mol. The number of aryl methyl sites for hydroxylation is 1. The average Bonchev–Trinajstić information content (AvgIpc) is 2.74. The van der Waals surface area contributed by atoms with Crippen molar-refractivity contribution in [2.24, 2.45) is 0 Å². The fraction of sp³-hybridized carbons (Fsp3) is 0.333. The van der Waals surface area contributed by atoms with E-state index in [0.717, 1.165) is 34.0 Å². The second-order valence-electron chi connectivity index (χ2n) is 4.23. The number of hydrogen-bond acceptors (Lipinski definition) is 3. The van der Waals surface area contributed by atoms with Gasteiger partial charge >= 0.3 is 0 Å². The Hall–Kier alpha value is -1.60. The molecule has 0 bridgehead atoms. The molecular formula is C12H11N3S. The first-order valence-corrected chi connectivity index (χ1v) is 6.09. The van der Waals surface area contributed by atoms with Crippen LogP contribution in [0.1, 0.15) is 23.4 Å². The summed E-state index contributed by atoms with van der Waals surface area (Å²) in [4.78, 5) is 8.74. The van der Waals surface area contributed by atoms with Crippen LogP contribution in [0.4, 0.5) is 0 Å². The molecule has 16 heavy (non-hydrogen) atoms. The predicted octanol–water partition coefficient (Wildman–Crippen LogP) is 3.00. The number of thiazole rings is 1. The Morgan fingerprint density at radius 1 is 1.56 bits per heavy atom. The third-order valence-corrected chi connectivity index (χ3v) is 4.45. The van der Waals surface area contributed by atoms with Crippen molar-refractivity contribution in [2.75, 3.05) is 0 Å². The second kappa shape index (κ2) is 3.19. The van der Waals surface area contributed by atoms with Crippen molar-refractivity contribution in [3.05, 3.63) is 29.0 Å². The standard InChI is InChI=1S/C12H11N3S/c1-8-10(12(7-13)3-4-12)16-11(15-8)9-2-5-14-6-9/h2,5-6,14H,3-4H2,1H3. The first-order chi connectivity index (χ1) is 7.75. The molecule has 0 aliphatic heterocycles. The lowest BCUT2D eigenvalue weighted by atomic mass is 10.1. The van der Waals surface area contributed by atoms with Gasteiger partial charge in [0.15, 0.2) is 0 Å². The van der Waals surface area contributed by atoms with Crippen LogP contribution in [0.5, 0.6) is 0 Å². The van der Waals surface area contributed by atoms with Crippen LogP contribution in [-0.2, 0) is 5.41 Å². The molecule has 0 saturated heterocycles. The van der Waals surface area contributed by atoms with E-state index in [1.807, 2.05) is 25.4 Å². The SMILES string of the molecule is Cc1nc(-c2cc[nH]c2)sc1C1(C#N)CC1. The van der Waals surface area contributed by atoms with Gasteiger partial charge in [0.05, 0.1) is 17.2 Å². The number of rotatable bonds is 2. The van der Waals surface area contributed by atoms with Crippen LogP contribution >= 0.6 is 11.3 Å². The lowest BCUT2D eigenvalue weighted by molar-refractivity contribution is 0.914. The van der Waals surface area contributed by atoms with E-state index >= 15 is 0 Å². The van der Waals surface area contributed by atoms with E-state index < -0.39 is 0 Å². The molecule has 1 fully saturated rings. The second-order valence-corrected chi connectivity index (χ2v) is 5.23. The largest absolute Gasteiger partial charge is 0.367 e. The van der Waals surface area contributed by atoms with Gasteiger partial charge in [-0.3, -0.25) is 0 Å². The summed E-state index contributed by atoms with van der Waals surface area (Å²) < 4.78 is 0. The smallest absolute Gasteiger partial charge is 0.125 e. The molecule has 2 aromatic rings. The molecular weight excluding hydrogens is 218 g/mol. The van der Waals surface area contributed by atoms with E-state index in [1.165, 1.54) is 0 Å². The molecule has 2 heterocycles. The molecule has 4 heteroatoms. The van der Waals surface area contributed by atoms with E-state index in [0.29, 0.717) is 0 Å². The van der Waals surface area contributed by atoms with Crippen LogP contribution in [-0.4, -0.2) is 9.97 Å². The van der Waals surface area contributed by atoms with Gasteiger partial charge in [-0.1, -0.05) is 0 Å². The number of aromatic nitrogens is 2. The molecule has 1 N–H and O–H groups in total. The number of nitriles is 1. The van der Waals surface area contributed by atoms with Crippen LogP contribution in [0.2, 0.25) is 0 Å². The average molecular weight is 229 g/mol. The van der Waals surface area contributed by atoms with Gasteiger partial charge in [0, 0.05) is 22.8 Å². The van der Waals surface area contributed by atoms with Crippen LogP contribution in [0.15, 0.2) is 18.5 Å². The van der Waals surface area contributed by atoms with Crippen LogP contribution < -0.4 is 0 Å². The van der Waals surface area contributed by atoms with Crippen molar-refractivity contribution >= 4 is 11.3 Å². The first-order valence-electron chi connectivity index (χ1n) is 5.27. The van der Waals surface area contributed by atoms with E-state index in [9.17, 15) is 5.26 Å². The van der Waals surface area contributed by atoms with Crippen LogP contribution in [0.25, 0.3) is 10.6 Å². The van der Waals surface area contributed by atoms with Crippen molar-refractivity contribution in [3.63, 3.8) is 0 Å². The number of aromatic amines is 1. The summed E-state index contributed by atoms with van der Waals surface area (Å²) in [6.07, 6.45) is 5.80. The summed E-state index contributed by atoms with van der Waals surface area (Å²) in [6.45, 7) is 2.00. The first kappa shape index (κ1) is 9.61. The van der Waals surface area contributed by atoms with Gasteiger partial charge in [0.25, 0.3) is 0 Å². The van der Waals surface area contributed by atoms with Gasteiger partial charge < -0.3 is 4.98 Å². The molecule has 80 valence electrons. The lowest BCUT2D eigenvalue weighted by Gasteiger charge is -2.00. The van der Waals surface area contributed by atoms with Crippen LogP contribution in [0, 0.1) is 18.3 Å². The van der Waals surface area contributed by atoms with Gasteiger partial charge in [0.1, 0.15) is 5.01 Å². The van der Waals surface area contributed by atoms with Gasteiger partial charge in [-0.2, -0.15) is 5.26 Å². The van der Waals surface area contributed by atoms with E-state index in [4.69, 9.17) is 0 Å². The highest BCUT2D eigenvalue weighted by atomic mass is 32.1. The van der Waals surface area contributed by atoms with Crippen molar-refractivity contribution < 1.29 is 0 Å². The van der Waals surface area contributed by atoms with Gasteiger partial charge in [-0.15, -0.1) is 11.3 Å². The highest BCUT2D eigenvalue weighted by Gasteiger charge is 2.47. The summed E-state index contributed by atoms with van der Waals surface area (Å²) in [5.41, 5.74) is 1.91. The van der Waals surface area contributed by atoms with Gasteiger partial charge in [-0.25, -0.2) is 4.98 Å². The lowest BCUT2D eigenvalue weighted by Crippen LogP contribution is -2.01. The minimum atomic E-state index is -0.212. The van der Waals surface area contributed by atoms with Crippen molar-refractivity contribution in [3.8, 4) is 16.6 Å². The molecule has 0 atom stereocenters. The van der Waals surface area contributed by atoms with E-state index in [-0.39, 0.29) is 5.41 Å². The maximum atomic E-state index is 9.20. The Bertz CT molecular complexity index is 556. The Balaban J connectivity index is 2.07. The highest BCUT2D eigenvalue weighted by molar-refractivity contribution is 7.15. The number of nitrogens with zero attached hydrogens (tertiary/aromatic N) is 2. The number of hydrogen-bond donors (Lipinski definition) is 1. The number of H-pyrrole nitrogens is 1. The van der Waals surface area contributed by atoms with Gasteiger partial charge in [0.2, 0.25) is 0 Å². The molecule has 2 aromatic heterocycles. The molecule has 0 radical (unpaired) electrons. The Morgan fingerprint density at radius 3 is 2.94 bits per heavy atom. The topological polar surface area (TPSA) is 52.5 Å². The summed E-state index contributed by atoms with van der Waals surface area (Å²) in [5, 5.41) is 10.2. The molecule has 1 saturated carbocycles.